The number of carbonyl (C=O) groups is 2. The van der Waals surface area contributed by atoms with E-state index in [0.29, 0.717) is 0 Å². The van der Waals surface area contributed by atoms with E-state index in [-0.39, 0.29) is 22.5 Å². The lowest BCUT2D eigenvalue weighted by atomic mass is 10.1. The SMILES string of the molecule is Nc1c([N+](=O)[O-])ccc2c1C(=O)NC2=O. The van der Waals surface area contributed by atoms with Gasteiger partial charge in [0.05, 0.1) is 16.1 Å². The second kappa shape index (κ2) is 2.77. The molecule has 0 bridgehead atoms. The Morgan fingerprint density at radius 1 is 1.27 bits per heavy atom. The van der Waals surface area contributed by atoms with E-state index in [1.807, 2.05) is 5.32 Å². The predicted octanol–water partition coefficient (Wildman–Crippen LogP) is 0.0606. The Kier molecular flexibility index (Phi) is 1.69. The molecular weight excluding hydrogens is 202 g/mol. The van der Waals surface area contributed by atoms with Crippen molar-refractivity contribution in [2.75, 3.05) is 5.73 Å². The molecule has 76 valence electrons. The number of nitrogen functional groups attached to an aromatic ring is 1. The highest BCUT2D eigenvalue weighted by Gasteiger charge is 2.32. The van der Waals surface area contributed by atoms with Gasteiger partial charge in [-0.25, -0.2) is 0 Å². The highest BCUT2D eigenvalue weighted by atomic mass is 16.6. The molecule has 0 spiro atoms. The standard InChI is InChI=1S/C8H5N3O4/c9-6-4(11(14)15)2-1-3-5(6)8(13)10-7(3)12/h1-2H,9H2,(H,10,12,13). The minimum Gasteiger partial charge on any atom is -0.392 e. The fraction of sp³-hybridized carbons (Fsp3) is 0. The number of benzene rings is 1. The number of hydrogen-bond acceptors (Lipinski definition) is 5. The summed E-state index contributed by atoms with van der Waals surface area (Å²) in [5, 5.41) is 12.5. The van der Waals surface area contributed by atoms with Crippen LogP contribution in [0.1, 0.15) is 20.7 Å². The average Bonchev–Trinajstić information content (AvgIpc) is 2.43. The van der Waals surface area contributed by atoms with Crippen LogP contribution < -0.4 is 11.1 Å². The number of fused-ring (bicyclic) bond motifs is 1. The first kappa shape index (κ1) is 9.13. The number of carbonyl (C=O) groups excluding carboxylic acids is 2. The molecule has 1 aliphatic rings. The molecule has 7 heteroatoms. The highest BCUT2D eigenvalue weighted by molar-refractivity contribution is 6.24. The maximum atomic E-state index is 11.2. The maximum absolute atomic E-state index is 11.2. The van der Waals surface area contributed by atoms with E-state index in [1.54, 1.807) is 0 Å². The molecule has 1 aromatic rings. The molecule has 0 atom stereocenters. The molecule has 1 aliphatic heterocycles. The zero-order valence-electron chi connectivity index (χ0n) is 7.31. The summed E-state index contributed by atoms with van der Waals surface area (Å²) in [6.45, 7) is 0. The second-order valence-corrected chi connectivity index (χ2v) is 2.96. The first-order valence-electron chi connectivity index (χ1n) is 3.95. The van der Waals surface area contributed by atoms with Crippen LogP contribution in [0, 0.1) is 10.1 Å². The molecule has 0 saturated heterocycles. The number of nitro groups is 1. The minimum atomic E-state index is -0.703. The third-order valence-electron chi connectivity index (χ3n) is 2.12. The van der Waals surface area contributed by atoms with Gasteiger partial charge in [0, 0.05) is 6.07 Å². The van der Waals surface area contributed by atoms with Crippen LogP contribution in [0.4, 0.5) is 11.4 Å². The summed E-state index contributed by atoms with van der Waals surface area (Å²) in [7, 11) is 0. The van der Waals surface area contributed by atoms with Gasteiger partial charge in [0.1, 0.15) is 5.69 Å². The third-order valence-corrected chi connectivity index (χ3v) is 2.12. The lowest BCUT2D eigenvalue weighted by molar-refractivity contribution is -0.383. The second-order valence-electron chi connectivity index (χ2n) is 2.96. The zero-order chi connectivity index (χ0) is 11.2. The largest absolute Gasteiger partial charge is 0.392 e. The van der Waals surface area contributed by atoms with Gasteiger partial charge in [-0.1, -0.05) is 0 Å². The van der Waals surface area contributed by atoms with Crippen molar-refractivity contribution in [3.05, 3.63) is 33.4 Å². The van der Waals surface area contributed by atoms with Crippen molar-refractivity contribution in [3.8, 4) is 0 Å². The Morgan fingerprint density at radius 3 is 2.53 bits per heavy atom. The first-order chi connectivity index (χ1) is 7.02. The molecule has 15 heavy (non-hydrogen) atoms. The lowest BCUT2D eigenvalue weighted by Crippen LogP contribution is -2.20. The van der Waals surface area contributed by atoms with E-state index in [9.17, 15) is 19.7 Å². The van der Waals surface area contributed by atoms with Crippen LogP contribution in [-0.4, -0.2) is 16.7 Å². The van der Waals surface area contributed by atoms with E-state index in [0.717, 1.165) is 6.07 Å². The van der Waals surface area contributed by atoms with Gasteiger partial charge in [-0.05, 0) is 6.07 Å². The summed E-state index contributed by atoms with van der Waals surface area (Å²) in [6.07, 6.45) is 0. The summed E-state index contributed by atoms with van der Waals surface area (Å²) < 4.78 is 0. The smallest absolute Gasteiger partial charge is 0.292 e. The van der Waals surface area contributed by atoms with Crippen LogP contribution in [0.25, 0.3) is 0 Å². The number of nitro benzene ring substituents is 1. The predicted molar refractivity (Wildman–Crippen MR) is 49.3 cm³/mol. The van der Waals surface area contributed by atoms with Crippen molar-refractivity contribution in [1.29, 1.82) is 0 Å². The van der Waals surface area contributed by atoms with Crippen molar-refractivity contribution in [3.63, 3.8) is 0 Å². The minimum absolute atomic E-state index is 0.0723. The zero-order valence-corrected chi connectivity index (χ0v) is 7.31. The van der Waals surface area contributed by atoms with Gasteiger partial charge < -0.3 is 5.73 Å². The number of amides is 2. The molecule has 0 aliphatic carbocycles. The van der Waals surface area contributed by atoms with Gasteiger partial charge in [-0.3, -0.25) is 25.0 Å². The highest BCUT2D eigenvalue weighted by Crippen LogP contribution is 2.30. The molecule has 2 amide bonds. The van der Waals surface area contributed by atoms with Crippen molar-refractivity contribution >= 4 is 23.2 Å². The molecule has 0 aromatic heterocycles. The van der Waals surface area contributed by atoms with E-state index in [2.05, 4.69) is 0 Å². The summed E-state index contributed by atoms with van der Waals surface area (Å²) in [5.41, 5.74) is 4.74. The number of rotatable bonds is 1. The number of anilines is 1. The lowest BCUT2D eigenvalue weighted by Gasteiger charge is -2.00. The Bertz CT molecular complexity index is 509. The molecule has 1 aromatic carbocycles. The normalized spacial score (nSPS) is 13.6. The molecule has 2 rings (SSSR count). The van der Waals surface area contributed by atoms with Crippen LogP contribution >= 0.6 is 0 Å². The van der Waals surface area contributed by atoms with Crippen molar-refractivity contribution in [2.24, 2.45) is 0 Å². The van der Waals surface area contributed by atoms with Gasteiger partial charge in [0.25, 0.3) is 17.5 Å². The van der Waals surface area contributed by atoms with Crippen molar-refractivity contribution in [1.82, 2.24) is 5.32 Å². The Balaban J connectivity index is 2.74. The summed E-state index contributed by atoms with van der Waals surface area (Å²) in [6, 6.07) is 2.32. The van der Waals surface area contributed by atoms with Gasteiger partial charge in [0.15, 0.2) is 0 Å². The van der Waals surface area contributed by atoms with Crippen LogP contribution in [0.15, 0.2) is 12.1 Å². The maximum Gasteiger partial charge on any atom is 0.292 e. The van der Waals surface area contributed by atoms with Gasteiger partial charge >= 0.3 is 0 Å². The van der Waals surface area contributed by atoms with Crippen LogP contribution in [0.3, 0.4) is 0 Å². The van der Waals surface area contributed by atoms with Gasteiger partial charge in [0.2, 0.25) is 0 Å². The summed E-state index contributed by atoms with van der Waals surface area (Å²) >= 11 is 0. The van der Waals surface area contributed by atoms with Crippen LogP contribution in [0.5, 0.6) is 0 Å². The van der Waals surface area contributed by atoms with Gasteiger partial charge in [-0.2, -0.15) is 0 Å². The summed E-state index contributed by atoms with van der Waals surface area (Å²) in [5.74, 6) is -1.28. The third kappa shape index (κ3) is 1.13. The molecular formula is C8H5N3O4. The van der Waals surface area contributed by atoms with E-state index >= 15 is 0 Å². The molecule has 1 heterocycles. The monoisotopic (exact) mass is 207 g/mol. The Labute approximate surface area is 83.0 Å². The van der Waals surface area contributed by atoms with E-state index < -0.39 is 16.7 Å². The van der Waals surface area contributed by atoms with Gasteiger partial charge in [-0.15, -0.1) is 0 Å². The van der Waals surface area contributed by atoms with Crippen LogP contribution in [0.2, 0.25) is 0 Å². The first-order valence-corrected chi connectivity index (χ1v) is 3.95. The number of nitrogens with one attached hydrogen (secondary N) is 1. The number of imide groups is 1. The van der Waals surface area contributed by atoms with Crippen molar-refractivity contribution in [2.45, 2.75) is 0 Å². The molecule has 3 N–H and O–H groups in total. The molecule has 0 fully saturated rings. The molecule has 0 radical (unpaired) electrons. The topological polar surface area (TPSA) is 115 Å². The molecule has 0 unspecified atom stereocenters. The summed E-state index contributed by atoms with van der Waals surface area (Å²) in [4.78, 5) is 32.2. The molecule has 0 saturated carbocycles. The van der Waals surface area contributed by atoms with E-state index in [1.165, 1.54) is 6.07 Å². The van der Waals surface area contributed by atoms with Crippen LogP contribution in [-0.2, 0) is 0 Å². The fourth-order valence-corrected chi connectivity index (χ4v) is 1.43. The molecule has 7 nitrogen and oxygen atoms in total. The Hall–Kier alpha value is -2.44. The average molecular weight is 207 g/mol. The van der Waals surface area contributed by atoms with E-state index in [4.69, 9.17) is 5.73 Å². The number of nitrogens with zero attached hydrogens (tertiary/aromatic N) is 1. The van der Waals surface area contributed by atoms with Crippen molar-refractivity contribution < 1.29 is 14.5 Å². The number of hydrogen-bond donors (Lipinski definition) is 2. The quantitative estimate of drug-likeness (QED) is 0.292. The Morgan fingerprint density at radius 2 is 1.93 bits per heavy atom. The number of nitrogens with two attached hydrogens (primary N) is 1. The fourth-order valence-electron chi connectivity index (χ4n) is 1.43.